The van der Waals surface area contributed by atoms with E-state index in [0.29, 0.717) is 41.1 Å². The minimum atomic E-state index is -1.63. The summed E-state index contributed by atoms with van der Waals surface area (Å²) in [5, 5.41) is 38.8. The Morgan fingerprint density at radius 1 is 1.15 bits per heavy atom. The number of hydrogen-bond acceptors (Lipinski definition) is 11. The SMILES string of the molecule is COCC1(Nc2nc(C)c(-c3nc4c(C)nccc4s3)c(NC3(O)CCC(CO)C3O)n2)CC1. The molecule has 3 unspecified atom stereocenters. The third-order valence-corrected chi connectivity index (χ3v) is 7.88. The summed E-state index contributed by atoms with van der Waals surface area (Å²) in [6.07, 6.45) is 3.31. The van der Waals surface area contributed by atoms with Crippen molar-refractivity contribution in [1.82, 2.24) is 19.9 Å². The number of rotatable bonds is 8. The lowest BCUT2D eigenvalue weighted by Gasteiger charge is -2.31. The molecule has 2 aliphatic rings. The predicted octanol–water partition coefficient (Wildman–Crippen LogP) is 2.22. The zero-order valence-electron chi connectivity index (χ0n) is 19.5. The average molecular weight is 487 g/mol. The number of aryl methyl sites for hydroxylation is 2. The zero-order chi connectivity index (χ0) is 24.1. The Labute approximate surface area is 201 Å². The predicted molar refractivity (Wildman–Crippen MR) is 130 cm³/mol. The smallest absolute Gasteiger partial charge is 0.225 e. The van der Waals surface area contributed by atoms with Gasteiger partial charge < -0.3 is 30.7 Å². The van der Waals surface area contributed by atoms with Crippen molar-refractivity contribution in [2.75, 3.05) is 31.0 Å². The minimum absolute atomic E-state index is 0.190. The van der Waals surface area contributed by atoms with Crippen LogP contribution in [-0.4, -0.2) is 72.9 Å². The Hall–Kier alpha value is -2.44. The van der Waals surface area contributed by atoms with Crippen LogP contribution in [0.4, 0.5) is 11.8 Å². The number of aromatic nitrogens is 4. The number of aliphatic hydroxyl groups is 3. The molecule has 5 rings (SSSR count). The minimum Gasteiger partial charge on any atom is -0.396 e. The van der Waals surface area contributed by atoms with Crippen LogP contribution in [0.25, 0.3) is 20.8 Å². The first-order chi connectivity index (χ1) is 16.3. The van der Waals surface area contributed by atoms with Gasteiger partial charge in [0.05, 0.1) is 33.8 Å². The molecular formula is C23H30N6O4S. The number of pyridine rings is 1. The lowest BCUT2D eigenvalue weighted by atomic mass is 10.0. The van der Waals surface area contributed by atoms with Crippen LogP contribution in [0.3, 0.4) is 0 Å². The van der Waals surface area contributed by atoms with Crippen LogP contribution in [0.5, 0.6) is 0 Å². The van der Waals surface area contributed by atoms with Gasteiger partial charge in [0.2, 0.25) is 5.95 Å². The van der Waals surface area contributed by atoms with Gasteiger partial charge in [-0.05, 0) is 45.6 Å². The third-order valence-electron chi connectivity index (χ3n) is 6.85. The Kier molecular flexibility index (Phi) is 5.93. The first-order valence-electron chi connectivity index (χ1n) is 11.5. The molecule has 0 aliphatic heterocycles. The van der Waals surface area contributed by atoms with E-state index in [1.807, 2.05) is 19.9 Å². The van der Waals surface area contributed by atoms with Crippen LogP contribution in [0.15, 0.2) is 12.3 Å². The van der Waals surface area contributed by atoms with Crippen LogP contribution in [0.1, 0.15) is 37.1 Å². The maximum absolute atomic E-state index is 11.3. The summed E-state index contributed by atoms with van der Waals surface area (Å²) in [4.78, 5) is 18.6. The van der Waals surface area contributed by atoms with E-state index in [-0.39, 0.29) is 18.6 Å². The number of ether oxygens (including phenoxy) is 1. The molecule has 11 heteroatoms. The van der Waals surface area contributed by atoms with Gasteiger partial charge in [0.25, 0.3) is 0 Å². The molecule has 2 aliphatic carbocycles. The monoisotopic (exact) mass is 486 g/mol. The molecule has 5 N–H and O–H groups in total. The number of nitrogens with zero attached hydrogens (tertiary/aromatic N) is 4. The second-order valence-corrected chi connectivity index (χ2v) is 10.5. The van der Waals surface area contributed by atoms with E-state index in [1.54, 1.807) is 13.3 Å². The third kappa shape index (κ3) is 4.11. The number of anilines is 2. The zero-order valence-corrected chi connectivity index (χ0v) is 20.3. The van der Waals surface area contributed by atoms with Gasteiger partial charge in [-0.15, -0.1) is 11.3 Å². The van der Waals surface area contributed by atoms with Crippen LogP contribution in [-0.2, 0) is 4.74 Å². The number of thiazole rings is 1. The number of fused-ring (bicyclic) bond motifs is 1. The molecule has 0 bridgehead atoms. The van der Waals surface area contributed by atoms with Gasteiger partial charge in [0.15, 0.2) is 5.72 Å². The second-order valence-electron chi connectivity index (χ2n) is 9.43. The molecule has 3 aromatic rings. The van der Waals surface area contributed by atoms with E-state index in [1.165, 1.54) is 11.3 Å². The molecule has 2 fully saturated rings. The fourth-order valence-corrected chi connectivity index (χ4v) is 5.78. The molecule has 0 amide bonds. The standard InChI is InChI=1S/C23H30N6O4S/c1-12-16(20-26-17-13(2)24-9-5-15(17)34-20)19(28-23(32)6-4-14(10-30)18(23)31)27-21(25-12)29-22(7-8-22)11-33-3/h5,9,14,18,30-32H,4,6-8,10-11H2,1-3H3,(H2,25,27,28,29). The first-order valence-corrected chi connectivity index (χ1v) is 12.3. The maximum atomic E-state index is 11.3. The first kappa shape index (κ1) is 23.3. The summed E-state index contributed by atoms with van der Waals surface area (Å²) in [7, 11) is 1.67. The summed E-state index contributed by atoms with van der Waals surface area (Å²) in [5.74, 6) is 0.397. The largest absolute Gasteiger partial charge is 0.396 e. The molecule has 34 heavy (non-hydrogen) atoms. The second kappa shape index (κ2) is 8.65. The van der Waals surface area contributed by atoms with Crippen molar-refractivity contribution < 1.29 is 20.1 Å². The fraction of sp³-hybridized carbons (Fsp3) is 0.565. The molecule has 182 valence electrons. The van der Waals surface area contributed by atoms with Crippen molar-refractivity contribution >= 4 is 33.3 Å². The molecule has 3 aromatic heterocycles. The van der Waals surface area contributed by atoms with E-state index < -0.39 is 17.7 Å². The van der Waals surface area contributed by atoms with Gasteiger partial charge in [-0.2, -0.15) is 4.98 Å². The highest BCUT2D eigenvalue weighted by Crippen LogP contribution is 2.42. The van der Waals surface area contributed by atoms with E-state index in [9.17, 15) is 15.3 Å². The highest BCUT2D eigenvalue weighted by atomic mass is 32.1. The van der Waals surface area contributed by atoms with Gasteiger partial charge >= 0.3 is 0 Å². The molecule has 10 nitrogen and oxygen atoms in total. The fourth-order valence-electron chi connectivity index (χ4n) is 4.67. The normalized spacial score (nSPS) is 25.6. The summed E-state index contributed by atoms with van der Waals surface area (Å²) in [6.45, 7) is 4.15. The molecule has 0 radical (unpaired) electrons. The van der Waals surface area contributed by atoms with Crippen molar-refractivity contribution in [2.24, 2.45) is 5.92 Å². The molecule has 3 heterocycles. The molecule has 0 spiro atoms. The van der Waals surface area contributed by atoms with Crippen LogP contribution in [0, 0.1) is 19.8 Å². The molecular weight excluding hydrogens is 456 g/mol. The lowest BCUT2D eigenvalue weighted by molar-refractivity contribution is -0.0545. The van der Waals surface area contributed by atoms with Gasteiger partial charge in [-0.3, -0.25) is 4.98 Å². The topological polar surface area (TPSA) is 146 Å². The summed E-state index contributed by atoms with van der Waals surface area (Å²) < 4.78 is 6.35. The Bertz CT molecular complexity index is 1220. The molecule has 3 atom stereocenters. The van der Waals surface area contributed by atoms with Crippen LogP contribution >= 0.6 is 11.3 Å². The Balaban J connectivity index is 1.59. The van der Waals surface area contributed by atoms with Gasteiger partial charge in [-0.1, -0.05) is 0 Å². The Morgan fingerprint density at radius 2 is 1.94 bits per heavy atom. The van der Waals surface area contributed by atoms with Gasteiger partial charge in [0, 0.05) is 25.8 Å². The maximum Gasteiger partial charge on any atom is 0.225 e. The van der Waals surface area contributed by atoms with E-state index in [2.05, 4.69) is 15.6 Å². The number of hydrogen-bond donors (Lipinski definition) is 5. The number of nitrogens with one attached hydrogen (secondary N) is 2. The van der Waals surface area contributed by atoms with Crippen molar-refractivity contribution in [1.29, 1.82) is 0 Å². The van der Waals surface area contributed by atoms with Crippen molar-refractivity contribution in [3.05, 3.63) is 23.7 Å². The highest BCUT2D eigenvalue weighted by Gasteiger charge is 2.47. The Morgan fingerprint density at radius 3 is 2.59 bits per heavy atom. The quantitative estimate of drug-likeness (QED) is 0.300. The van der Waals surface area contributed by atoms with Crippen molar-refractivity contribution in [3.8, 4) is 10.6 Å². The summed E-state index contributed by atoms with van der Waals surface area (Å²) in [5.41, 5.74) is 1.18. The van der Waals surface area contributed by atoms with Crippen LogP contribution in [0.2, 0.25) is 0 Å². The van der Waals surface area contributed by atoms with Crippen LogP contribution < -0.4 is 10.6 Å². The van der Waals surface area contributed by atoms with Crippen molar-refractivity contribution in [2.45, 2.75) is 56.9 Å². The highest BCUT2D eigenvalue weighted by molar-refractivity contribution is 7.21. The average Bonchev–Trinajstić information content (AvgIpc) is 3.28. The van der Waals surface area contributed by atoms with Gasteiger partial charge in [0.1, 0.15) is 22.4 Å². The van der Waals surface area contributed by atoms with E-state index in [4.69, 9.17) is 19.7 Å². The van der Waals surface area contributed by atoms with Crippen molar-refractivity contribution in [3.63, 3.8) is 0 Å². The molecule has 0 saturated heterocycles. The summed E-state index contributed by atoms with van der Waals surface area (Å²) in [6, 6.07) is 1.92. The number of aliphatic hydroxyl groups excluding tert-OH is 2. The molecule has 0 aromatic carbocycles. The van der Waals surface area contributed by atoms with E-state index >= 15 is 0 Å². The number of methoxy groups -OCH3 is 1. The van der Waals surface area contributed by atoms with Gasteiger partial charge in [-0.25, -0.2) is 9.97 Å². The van der Waals surface area contributed by atoms with E-state index in [0.717, 1.165) is 28.8 Å². The summed E-state index contributed by atoms with van der Waals surface area (Å²) >= 11 is 1.50. The lowest BCUT2D eigenvalue weighted by Crippen LogP contribution is -2.48. The molecule has 2 saturated carbocycles.